The number of nitrogens with one attached hydrogen (secondary N) is 1. The van der Waals surface area contributed by atoms with Crippen LogP contribution in [0.4, 0.5) is 0 Å². The lowest BCUT2D eigenvalue weighted by Gasteiger charge is -2.14. The first-order chi connectivity index (χ1) is 12.3. The first kappa shape index (κ1) is 19.3. The summed E-state index contributed by atoms with van der Waals surface area (Å²) in [6, 6.07) is 2.21. The monoisotopic (exact) mass is 363 g/mol. The van der Waals surface area contributed by atoms with Crippen LogP contribution in [0.15, 0.2) is 21.3 Å². The van der Waals surface area contributed by atoms with Gasteiger partial charge in [0.15, 0.2) is 0 Å². The SMILES string of the molecule is CCC(NC(=O)Cc1c(C)c2c(OC)cc(OC)cc2oc1=O)C(=O)O. The zero-order chi connectivity index (χ0) is 19.4. The normalized spacial score (nSPS) is 11.8. The van der Waals surface area contributed by atoms with Crippen LogP contribution < -0.4 is 20.4 Å². The second-order valence-corrected chi connectivity index (χ2v) is 5.74. The van der Waals surface area contributed by atoms with Gasteiger partial charge in [-0.1, -0.05) is 6.92 Å². The first-order valence-corrected chi connectivity index (χ1v) is 8.02. The van der Waals surface area contributed by atoms with Crippen LogP contribution in [-0.2, 0) is 16.0 Å². The van der Waals surface area contributed by atoms with Crippen LogP contribution in [0, 0.1) is 6.92 Å². The van der Waals surface area contributed by atoms with E-state index >= 15 is 0 Å². The van der Waals surface area contributed by atoms with Gasteiger partial charge in [0.2, 0.25) is 5.91 Å². The Balaban J connectivity index is 2.47. The third-order valence-electron chi connectivity index (χ3n) is 4.15. The highest BCUT2D eigenvalue weighted by atomic mass is 16.5. The number of amides is 1. The van der Waals surface area contributed by atoms with Gasteiger partial charge >= 0.3 is 11.6 Å². The molecule has 0 fully saturated rings. The zero-order valence-electron chi connectivity index (χ0n) is 15.0. The van der Waals surface area contributed by atoms with Gasteiger partial charge < -0.3 is 24.3 Å². The second kappa shape index (κ2) is 7.90. The van der Waals surface area contributed by atoms with Crippen molar-refractivity contribution in [3.05, 3.63) is 33.7 Å². The van der Waals surface area contributed by atoms with Crippen LogP contribution in [0.3, 0.4) is 0 Å². The number of carboxylic acids is 1. The number of aryl methyl sites for hydroxylation is 1. The molecule has 2 aromatic rings. The van der Waals surface area contributed by atoms with Gasteiger partial charge in [-0.25, -0.2) is 9.59 Å². The maximum absolute atomic E-state index is 12.3. The molecule has 1 aromatic carbocycles. The summed E-state index contributed by atoms with van der Waals surface area (Å²) in [4.78, 5) is 35.6. The molecule has 1 unspecified atom stereocenters. The smallest absolute Gasteiger partial charge is 0.340 e. The number of carbonyl (C=O) groups excluding carboxylic acids is 1. The summed E-state index contributed by atoms with van der Waals surface area (Å²) in [6.45, 7) is 3.33. The fourth-order valence-electron chi connectivity index (χ4n) is 2.71. The summed E-state index contributed by atoms with van der Waals surface area (Å²) in [5.41, 5.74) is 0.307. The quantitative estimate of drug-likeness (QED) is 0.719. The average molecular weight is 363 g/mol. The molecule has 0 saturated carbocycles. The molecule has 2 rings (SSSR count). The molecule has 0 aliphatic rings. The Labute approximate surface area is 149 Å². The van der Waals surface area contributed by atoms with E-state index in [0.717, 1.165) is 0 Å². The molecule has 0 saturated heterocycles. The summed E-state index contributed by atoms with van der Waals surface area (Å²) in [6.07, 6.45) is -0.0525. The summed E-state index contributed by atoms with van der Waals surface area (Å²) in [5, 5.41) is 12.0. The van der Waals surface area contributed by atoms with E-state index in [1.54, 1.807) is 26.0 Å². The average Bonchev–Trinajstić information content (AvgIpc) is 2.61. The summed E-state index contributed by atoms with van der Waals surface area (Å²) >= 11 is 0. The predicted molar refractivity (Wildman–Crippen MR) is 93.9 cm³/mol. The number of ether oxygens (including phenoxy) is 2. The largest absolute Gasteiger partial charge is 0.496 e. The van der Waals surface area contributed by atoms with Crippen molar-refractivity contribution in [2.45, 2.75) is 32.7 Å². The molecule has 2 N–H and O–H groups in total. The van der Waals surface area contributed by atoms with Crippen LogP contribution in [-0.4, -0.2) is 37.2 Å². The molecule has 0 aliphatic heterocycles. The minimum atomic E-state index is -1.13. The van der Waals surface area contributed by atoms with Gasteiger partial charge in [0.05, 0.1) is 31.6 Å². The van der Waals surface area contributed by atoms with Crippen molar-refractivity contribution in [2.24, 2.45) is 0 Å². The third-order valence-corrected chi connectivity index (χ3v) is 4.15. The molecule has 0 spiro atoms. The lowest BCUT2D eigenvalue weighted by atomic mass is 10.0. The molecule has 0 aliphatic carbocycles. The van der Waals surface area contributed by atoms with E-state index in [2.05, 4.69) is 5.32 Å². The maximum Gasteiger partial charge on any atom is 0.340 e. The highest BCUT2D eigenvalue weighted by Gasteiger charge is 2.22. The third kappa shape index (κ3) is 3.79. The fourth-order valence-corrected chi connectivity index (χ4v) is 2.71. The minimum Gasteiger partial charge on any atom is -0.496 e. The summed E-state index contributed by atoms with van der Waals surface area (Å²) < 4.78 is 15.8. The van der Waals surface area contributed by atoms with Gasteiger partial charge in [-0.15, -0.1) is 0 Å². The molecule has 140 valence electrons. The van der Waals surface area contributed by atoms with Gasteiger partial charge in [-0.2, -0.15) is 0 Å². The van der Waals surface area contributed by atoms with Gasteiger partial charge in [0.25, 0.3) is 0 Å². The number of carboxylic acid groups (broad SMARTS) is 1. The van der Waals surface area contributed by atoms with Crippen molar-refractivity contribution in [1.29, 1.82) is 0 Å². The van der Waals surface area contributed by atoms with Gasteiger partial charge in [0.1, 0.15) is 23.1 Å². The molecular weight excluding hydrogens is 342 g/mol. The molecule has 26 heavy (non-hydrogen) atoms. The van der Waals surface area contributed by atoms with E-state index in [0.29, 0.717) is 22.4 Å². The van der Waals surface area contributed by atoms with Crippen molar-refractivity contribution in [2.75, 3.05) is 14.2 Å². The van der Waals surface area contributed by atoms with E-state index in [-0.39, 0.29) is 24.0 Å². The van der Waals surface area contributed by atoms with Gasteiger partial charge in [-0.3, -0.25) is 4.79 Å². The Bertz CT molecular complexity index is 901. The number of rotatable bonds is 7. The van der Waals surface area contributed by atoms with Crippen molar-refractivity contribution >= 4 is 22.8 Å². The van der Waals surface area contributed by atoms with Crippen LogP contribution in [0.2, 0.25) is 0 Å². The number of benzene rings is 1. The van der Waals surface area contributed by atoms with Gasteiger partial charge in [0, 0.05) is 12.1 Å². The number of aliphatic carboxylic acids is 1. The summed E-state index contributed by atoms with van der Waals surface area (Å²) in [5.74, 6) is -0.785. The second-order valence-electron chi connectivity index (χ2n) is 5.74. The summed E-state index contributed by atoms with van der Waals surface area (Å²) in [7, 11) is 2.96. The molecule has 1 atom stereocenters. The Morgan fingerprint density at radius 2 is 1.96 bits per heavy atom. The zero-order valence-corrected chi connectivity index (χ0v) is 15.0. The number of hydrogen-bond donors (Lipinski definition) is 2. The minimum absolute atomic E-state index is 0.152. The lowest BCUT2D eigenvalue weighted by molar-refractivity contribution is -0.141. The van der Waals surface area contributed by atoms with Gasteiger partial charge in [-0.05, 0) is 18.9 Å². The maximum atomic E-state index is 12.3. The molecule has 8 nitrogen and oxygen atoms in total. The number of fused-ring (bicyclic) bond motifs is 1. The van der Waals surface area contributed by atoms with Crippen LogP contribution in [0.5, 0.6) is 11.5 Å². The van der Waals surface area contributed by atoms with E-state index in [1.165, 1.54) is 14.2 Å². The first-order valence-electron chi connectivity index (χ1n) is 8.02. The predicted octanol–water partition coefficient (Wildman–Crippen LogP) is 1.64. The molecule has 0 bridgehead atoms. The Hall–Kier alpha value is -3.03. The number of hydrogen-bond acceptors (Lipinski definition) is 6. The van der Waals surface area contributed by atoms with E-state index in [4.69, 9.17) is 19.0 Å². The standard InChI is InChI=1S/C18H21NO7/c1-5-12(17(21)22)19-15(20)8-11-9(2)16-13(25-4)6-10(24-3)7-14(16)26-18(11)23/h6-7,12H,5,8H2,1-4H3,(H,19,20)(H,21,22). The Morgan fingerprint density at radius 3 is 2.50 bits per heavy atom. The topological polar surface area (TPSA) is 115 Å². The van der Waals surface area contributed by atoms with E-state index in [1.807, 2.05) is 0 Å². The highest BCUT2D eigenvalue weighted by Crippen LogP contribution is 2.33. The molecular formula is C18H21NO7. The van der Waals surface area contributed by atoms with E-state index < -0.39 is 23.5 Å². The number of methoxy groups -OCH3 is 2. The highest BCUT2D eigenvalue weighted by molar-refractivity contribution is 5.91. The molecule has 1 heterocycles. The Kier molecular flexibility index (Phi) is 5.86. The van der Waals surface area contributed by atoms with Crippen molar-refractivity contribution in [3.8, 4) is 11.5 Å². The van der Waals surface area contributed by atoms with E-state index in [9.17, 15) is 14.4 Å². The molecule has 0 radical (unpaired) electrons. The molecule has 8 heteroatoms. The van der Waals surface area contributed by atoms with Crippen molar-refractivity contribution in [3.63, 3.8) is 0 Å². The van der Waals surface area contributed by atoms with Crippen LogP contribution >= 0.6 is 0 Å². The lowest BCUT2D eigenvalue weighted by Crippen LogP contribution is -2.41. The van der Waals surface area contributed by atoms with Crippen LogP contribution in [0.1, 0.15) is 24.5 Å². The fraction of sp³-hybridized carbons (Fsp3) is 0.389. The molecule has 1 aromatic heterocycles. The van der Waals surface area contributed by atoms with Crippen molar-refractivity contribution in [1.82, 2.24) is 5.32 Å². The Morgan fingerprint density at radius 1 is 1.27 bits per heavy atom. The van der Waals surface area contributed by atoms with Crippen molar-refractivity contribution < 1.29 is 28.6 Å². The number of carbonyl (C=O) groups is 2. The van der Waals surface area contributed by atoms with Crippen LogP contribution in [0.25, 0.3) is 11.0 Å². The molecule has 1 amide bonds.